The quantitative estimate of drug-likeness (QED) is 0.860. The van der Waals surface area contributed by atoms with Crippen molar-refractivity contribution in [3.8, 4) is 17.2 Å². The van der Waals surface area contributed by atoms with Gasteiger partial charge < -0.3 is 19.5 Å². The number of carbonyl (C=O) groups is 2. The molecule has 6 nitrogen and oxygen atoms in total. The third-order valence-electron chi connectivity index (χ3n) is 5.95. The number of allylic oxidation sites excluding steroid dienone is 1. The van der Waals surface area contributed by atoms with Gasteiger partial charge in [-0.2, -0.15) is 0 Å². The van der Waals surface area contributed by atoms with Gasteiger partial charge in [0.15, 0.2) is 12.0 Å². The molecule has 4 rings (SSSR count). The Labute approximate surface area is 169 Å². The first-order valence-electron chi connectivity index (χ1n) is 9.40. The number of phenols is 1. The van der Waals surface area contributed by atoms with Crippen molar-refractivity contribution in [2.45, 2.75) is 31.4 Å². The smallest absolute Gasteiger partial charge is 0.189 e. The fourth-order valence-electron chi connectivity index (χ4n) is 4.70. The third-order valence-corrected chi connectivity index (χ3v) is 5.95. The van der Waals surface area contributed by atoms with Crippen molar-refractivity contribution >= 4 is 11.6 Å². The van der Waals surface area contributed by atoms with E-state index in [-0.39, 0.29) is 17.3 Å². The van der Waals surface area contributed by atoms with Gasteiger partial charge in [-0.15, -0.1) is 0 Å². The maximum atomic E-state index is 13.3. The summed E-state index contributed by atoms with van der Waals surface area (Å²) in [5.41, 5.74) is 0.742. The number of hydrogen-bond donors (Lipinski definition) is 1. The summed E-state index contributed by atoms with van der Waals surface area (Å²) in [6.07, 6.45) is 1.13. The number of hydrogen-bond acceptors (Lipinski definition) is 6. The molecule has 0 radical (unpaired) electrons. The molecule has 2 aliphatic heterocycles. The highest BCUT2D eigenvalue weighted by Crippen LogP contribution is 2.57. The molecule has 0 unspecified atom stereocenters. The molecule has 0 saturated heterocycles. The van der Waals surface area contributed by atoms with Crippen LogP contribution in [0.2, 0.25) is 0 Å². The number of rotatable bonds is 4. The average Bonchev–Trinajstić information content (AvgIpc) is 3.04. The third kappa shape index (κ3) is 2.63. The highest BCUT2D eigenvalue weighted by atomic mass is 16.5. The SMILES string of the molecule is COc1ccc([C@H]2C(C(C)=O)=CN(C)[C@@H]3Oc4ccc(O)cc4[C@]23C(C)=O)cc1. The Morgan fingerprint density at radius 3 is 2.41 bits per heavy atom. The highest BCUT2D eigenvalue weighted by molar-refractivity contribution is 6.01. The van der Waals surface area contributed by atoms with E-state index in [1.54, 1.807) is 37.4 Å². The predicted octanol–water partition coefficient (Wildman–Crippen LogP) is 3.15. The minimum absolute atomic E-state index is 0.0451. The molecule has 0 amide bonds. The Bertz CT molecular complexity index is 1030. The van der Waals surface area contributed by atoms with Crippen molar-refractivity contribution in [2.75, 3.05) is 14.2 Å². The number of fused-ring (bicyclic) bond motifs is 3. The van der Waals surface area contributed by atoms with Crippen LogP contribution in [0.5, 0.6) is 17.2 Å². The molecule has 0 aromatic heterocycles. The number of benzene rings is 2. The molecule has 2 aliphatic rings. The van der Waals surface area contributed by atoms with Gasteiger partial charge in [-0.25, -0.2) is 0 Å². The van der Waals surface area contributed by atoms with Gasteiger partial charge in [0.25, 0.3) is 0 Å². The van der Waals surface area contributed by atoms with E-state index in [0.717, 1.165) is 5.56 Å². The highest BCUT2D eigenvalue weighted by Gasteiger charge is 2.62. The summed E-state index contributed by atoms with van der Waals surface area (Å²) in [7, 11) is 3.38. The molecule has 1 N–H and O–H groups in total. The lowest BCUT2D eigenvalue weighted by molar-refractivity contribution is -0.130. The van der Waals surface area contributed by atoms with Crippen LogP contribution >= 0.6 is 0 Å². The van der Waals surface area contributed by atoms with Crippen LogP contribution in [0.15, 0.2) is 54.2 Å². The van der Waals surface area contributed by atoms with Gasteiger partial charge in [-0.05, 0) is 49.7 Å². The van der Waals surface area contributed by atoms with Crippen LogP contribution in [-0.2, 0) is 15.0 Å². The number of carbonyl (C=O) groups excluding carboxylic acids is 2. The van der Waals surface area contributed by atoms with Gasteiger partial charge >= 0.3 is 0 Å². The van der Waals surface area contributed by atoms with E-state index < -0.39 is 17.6 Å². The molecule has 0 bridgehead atoms. The number of Topliss-reactive ketones (excluding diaryl/α,β-unsaturated/α-hetero) is 2. The van der Waals surface area contributed by atoms with Crippen LogP contribution in [0.4, 0.5) is 0 Å². The molecule has 0 saturated carbocycles. The first kappa shape index (κ1) is 19.1. The van der Waals surface area contributed by atoms with Gasteiger partial charge in [0, 0.05) is 30.3 Å². The van der Waals surface area contributed by atoms with Crippen LogP contribution in [0.3, 0.4) is 0 Å². The minimum atomic E-state index is -1.17. The van der Waals surface area contributed by atoms with E-state index in [4.69, 9.17) is 9.47 Å². The van der Waals surface area contributed by atoms with Crippen molar-refractivity contribution < 1.29 is 24.2 Å². The van der Waals surface area contributed by atoms with E-state index >= 15 is 0 Å². The van der Waals surface area contributed by atoms with Gasteiger partial charge in [0.2, 0.25) is 0 Å². The standard InChI is InChI=1S/C23H23NO5/c1-13(25)18-12-24(3)22-23(14(2)26,19-11-16(27)7-10-20(19)29-22)21(18)15-5-8-17(28-4)9-6-15/h5-12,21-22,27H,1-4H3/t21-,22+,23+/m0/s1. The second-order valence-corrected chi connectivity index (χ2v) is 7.59. The van der Waals surface area contributed by atoms with Crippen LogP contribution < -0.4 is 9.47 Å². The number of methoxy groups -OCH3 is 1. The van der Waals surface area contributed by atoms with Crippen molar-refractivity contribution in [3.05, 3.63) is 65.4 Å². The van der Waals surface area contributed by atoms with Crippen molar-refractivity contribution in [2.24, 2.45) is 0 Å². The van der Waals surface area contributed by atoms with E-state index in [1.165, 1.54) is 19.9 Å². The maximum absolute atomic E-state index is 13.3. The topological polar surface area (TPSA) is 76.1 Å². The summed E-state index contributed by atoms with van der Waals surface area (Å²) in [5.74, 6) is 0.448. The summed E-state index contributed by atoms with van der Waals surface area (Å²) < 4.78 is 11.4. The predicted molar refractivity (Wildman–Crippen MR) is 107 cm³/mol. The van der Waals surface area contributed by atoms with Crippen LogP contribution in [0.1, 0.15) is 30.9 Å². The summed E-state index contributed by atoms with van der Waals surface area (Å²) in [6.45, 7) is 3.02. The van der Waals surface area contributed by atoms with Crippen molar-refractivity contribution in [3.63, 3.8) is 0 Å². The van der Waals surface area contributed by atoms with E-state index in [1.807, 2.05) is 24.3 Å². The lowest BCUT2D eigenvalue weighted by atomic mass is 9.60. The normalized spacial score (nSPS) is 24.8. The molecule has 150 valence electrons. The molecule has 29 heavy (non-hydrogen) atoms. The van der Waals surface area contributed by atoms with Crippen LogP contribution in [0, 0.1) is 0 Å². The molecular formula is C23H23NO5. The van der Waals surface area contributed by atoms with E-state index in [2.05, 4.69) is 0 Å². The first-order chi connectivity index (χ1) is 13.8. The molecule has 0 fully saturated rings. The lowest BCUT2D eigenvalue weighted by Gasteiger charge is -2.46. The lowest BCUT2D eigenvalue weighted by Crippen LogP contribution is -2.58. The summed E-state index contributed by atoms with van der Waals surface area (Å²) >= 11 is 0. The first-order valence-corrected chi connectivity index (χ1v) is 9.40. The number of likely N-dealkylation sites (N-methyl/N-ethyl adjacent to an activating group) is 1. The molecular weight excluding hydrogens is 370 g/mol. The van der Waals surface area contributed by atoms with E-state index in [9.17, 15) is 14.7 Å². The second kappa shape index (κ2) is 6.65. The molecule has 2 aromatic carbocycles. The number of ether oxygens (including phenoxy) is 2. The number of nitrogens with zero attached hydrogens (tertiary/aromatic N) is 1. The Morgan fingerprint density at radius 1 is 1.14 bits per heavy atom. The Hall–Kier alpha value is -3.28. The fraction of sp³-hybridized carbons (Fsp3) is 0.304. The van der Waals surface area contributed by atoms with Crippen LogP contribution in [0.25, 0.3) is 0 Å². The zero-order valence-electron chi connectivity index (χ0n) is 16.8. The molecule has 6 heteroatoms. The monoisotopic (exact) mass is 393 g/mol. The Morgan fingerprint density at radius 2 is 1.83 bits per heavy atom. The minimum Gasteiger partial charge on any atom is -0.508 e. The van der Waals surface area contributed by atoms with Crippen molar-refractivity contribution in [1.82, 2.24) is 4.90 Å². The Balaban J connectivity index is 2.05. The zero-order chi connectivity index (χ0) is 20.9. The Kier molecular flexibility index (Phi) is 4.37. The summed E-state index contributed by atoms with van der Waals surface area (Å²) in [5, 5.41) is 10.2. The second-order valence-electron chi connectivity index (χ2n) is 7.59. The van der Waals surface area contributed by atoms with Gasteiger partial charge in [0.05, 0.1) is 7.11 Å². The fourth-order valence-corrected chi connectivity index (χ4v) is 4.70. The molecule has 3 atom stereocenters. The van der Waals surface area contributed by atoms with Gasteiger partial charge in [0.1, 0.15) is 28.4 Å². The molecule has 0 spiro atoms. The summed E-state index contributed by atoms with van der Waals surface area (Å²) in [4.78, 5) is 27.8. The summed E-state index contributed by atoms with van der Waals surface area (Å²) in [6, 6.07) is 12.1. The van der Waals surface area contributed by atoms with Crippen LogP contribution in [-0.4, -0.2) is 42.0 Å². The molecule has 2 aromatic rings. The number of phenolic OH excluding ortho intramolecular Hbond substituents is 1. The molecule has 2 heterocycles. The molecule has 0 aliphatic carbocycles. The van der Waals surface area contributed by atoms with Gasteiger partial charge in [-0.3, -0.25) is 9.59 Å². The van der Waals surface area contributed by atoms with Crippen molar-refractivity contribution in [1.29, 1.82) is 0 Å². The number of aromatic hydroxyl groups is 1. The zero-order valence-corrected chi connectivity index (χ0v) is 16.8. The maximum Gasteiger partial charge on any atom is 0.189 e. The average molecular weight is 393 g/mol. The number of ketones is 2. The largest absolute Gasteiger partial charge is 0.508 e. The van der Waals surface area contributed by atoms with Gasteiger partial charge in [-0.1, -0.05) is 12.1 Å². The van der Waals surface area contributed by atoms with E-state index in [0.29, 0.717) is 22.6 Å².